The fourth-order valence-electron chi connectivity index (χ4n) is 2.45. The van der Waals surface area contributed by atoms with E-state index < -0.39 is 15.7 Å². The molecule has 0 bridgehead atoms. The zero-order chi connectivity index (χ0) is 17.5. The molecule has 0 N–H and O–H groups in total. The van der Waals surface area contributed by atoms with Crippen molar-refractivity contribution in [3.05, 3.63) is 50.7 Å². The van der Waals surface area contributed by atoms with Crippen molar-refractivity contribution < 1.29 is 8.42 Å². The van der Waals surface area contributed by atoms with E-state index in [0.717, 1.165) is 15.3 Å². The van der Waals surface area contributed by atoms with Crippen molar-refractivity contribution in [3.8, 4) is 0 Å². The highest BCUT2D eigenvalue weighted by Gasteiger charge is 2.26. The van der Waals surface area contributed by atoms with Crippen LogP contribution in [-0.4, -0.2) is 42.5 Å². The van der Waals surface area contributed by atoms with Gasteiger partial charge in [0.1, 0.15) is 4.21 Å². The Hall–Kier alpha value is -1.42. The molecule has 128 valence electrons. The lowest BCUT2D eigenvalue weighted by atomic mass is 10.3. The Morgan fingerprint density at radius 2 is 1.79 bits per heavy atom. The first-order valence-electron chi connectivity index (χ1n) is 7.18. The highest BCUT2D eigenvalue weighted by atomic mass is 79.9. The zero-order valence-corrected chi connectivity index (χ0v) is 16.4. The van der Waals surface area contributed by atoms with Gasteiger partial charge in [0.05, 0.1) is 14.8 Å². The number of para-hydroxylation sites is 2. The smallest absolute Gasteiger partial charge is 0.308 e. The van der Waals surface area contributed by atoms with Crippen molar-refractivity contribution >= 4 is 48.3 Å². The zero-order valence-electron chi connectivity index (χ0n) is 13.1. The van der Waals surface area contributed by atoms with Gasteiger partial charge < -0.3 is 4.90 Å². The van der Waals surface area contributed by atoms with Gasteiger partial charge in [0.25, 0.3) is 10.0 Å². The SMILES string of the molecule is CN(C)CCn1c(=O)n(S(=O)(=O)c2ccc(Br)s2)c2ccccc21. The molecule has 6 nitrogen and oxygen atoms in total. The number of thiophene rings is 1. The van der Waals surface area contributed by atoms with E-state index in [9.17, 15) is 13.2 Å². The second-order valence-electron chi connectivity index (χ2n) is 5.55. The van der Waals surface area contributed by atoms with E-state index in [4.69, 9.17) is 0 Å². The molecule has 2 heterocycles. The molecule has 0 unspecified atom stereocenters. The van der Waals surface area contributed by atoms with E-state index in [1.807, 2.05) is 19.0 Å². The van der Waals surface area contributed by atoms with Gasteiger partial charge in [-0.15, -0.1) is 11.3 Å². The summed E-state index contributed by atoms with van der Waals surface area (Å²) in [5.41, 5.74) is 0.469. The van der Waals surface area contributed by atoms with Crippen LogP contribution < -0.4 is 5.69 Å². The number of imidazole rings is 1. The molecule has 0 spiro atoms. The molecular formula is C15H16BrN3O3S2. The molecule has 0 fully saturated rings. The predicted octanol–water partition coefficient (Wildman–Crippen LogP) is 2.43. The van der Waals surface area contributed by atoms with Crippen molar-refractivity contribution in [2.75, 3.05) is 20.6 Å². The summed E-state index contributed by atoms with van der Waals surface area (Å²) < 4.78 is 29.2. The van der Waals surface area contributed by atoms with Crippen molar-refractivity contribution in [1.29, 1.82) is 0 Å². The lowest BCUT2D eigenvalue weighted by Crippen LogP contribution is -2.31. The number of benzene rings is 1. The Balaban J connectivity index is 2.25. The predicted molar refractivity (Wildman–Crippen MR) is 99.4 cm³/mol. The Labute approximate surface area is 152 Å². The molecule has 1 aromatic carbocycles. The van der Waals surface area contributed by atoms with Gasteiger partial charge in [-0.2, -0.15) is 12.4 Å². The second-order valence-corrected chi connectivity index (χ2v) is 10.0. The summed E-state index contributed by atoms with van der Waals surface area (Å²) >= 11 is 4.35. The topological polar surface area (TPSA) is 64.3 Å². The number of nitrogens with zero attached hydrogens (tertiary/aromatic N) is 3. The van der Waals surface area contributed by atoms with Gasteiger partial charge >= 0.3 is 5.69 Å². The molecule has 0 radical (unpaired) electrons. The molecule has 0 saturated heterocycles. The number of aromatic nitrogens is 2. The molecule has 3 rings (SSSR count). The minimum atomic E-state index is -3.93. The third-order valence-corrected chi connectivity index (χ3v) is 7.39. The third kappa shape index (κ3) is 2.97. The molecule has 0 aliphatic heterocycles. The Morgan fingerprint density at radius 3 is 2.38 bits per heavy atom. The number of halogens is 1. The van der Waals surface area contributed by atoms with Gasteiger partial charge in [-0.05, 0) is 54.3 Å². The highest BCUT2D eigenvalue weighted by Crippen LogP contribution is 2.28. The van der Waals surface area contributed by atoms with Gasteiger partial charge in [-0.3, -0.25) is 4.57 Å². The molecule has 0 amide bonds. The molecule has 24 heavy (non-hydrogen) atoms. The van der Waals surface area contributed by atoms with Crippen LogP contribution in [0.25, 0.3) is 11.0 Å². The van der Waals surface area contributed by atoms with Crippen LogP contribution in [0.3, 0.4) is 0 Å². The summed E-state index contributed by atoms with van der Waals surface area (Å²) in [4.78, 5) is 14.8. The van der Waals surface area contributed by atoms with E-state index in [2.05, 4.69) is 15.9 Å². The first kappa shape index (κ1) is 17.4. The number of rotatable bonds is 5. The van der Waals surface area contributed by atoms with E-state index in [0.29, 0.717) is 27.9 Å². The Bertz CT molecular complexity index is 1050. The average Bonchev–Trinajstić information content (AvgIpc) is 3.07. The van der Waals surface area contributed by atoms with Crippen LogP contribution in [0.2, 0.25) is 0 Å². The maximum Gasteiger partial charge on any atom is 0.343 e. The lowest BCUT2D eigenvalue weighted by Gasteiger charge is -2.09. The summed E-state index contributed by atoms with van der Waals surface area (Å²) in [5, 5.41) is 0. The number of hydrogen-bond acceptors (Lipinski definition) is 5. The lowest BCUT2D eigenvalue weighted by molar-refractivity contribution is 0.383. The summed E-state index contributed by atoms with van der Waals surface area (Å²) in [6.45, 7) is 1.06. The fraction of sp³-hybridized carbons (Fsp3) is 0.267. The van der Waals surface area contributed by atoms with Crippen LogP contribution >= 0.6 is 27.3 Å². The quantitative estimate of drug-likeness (QED) is 0.624. The third-order valence-electron chi connectivity index (χ3n) is 3.61. The minimum Gasteiger partial charge on any atom is -0.308 e. The van der Waals surface area contributed by atoms with Crippen molar-refractivity contribution in [1.82, 2.24) is 13.4 Å². The van der Waals surface area contributed by atoms with Crippen LogP contribution in [0, 0.1) is 0 Å². The van der Waals surface area contributed by atoms with Gasteiger partial charge in [-0.25, -0.2) is 4.79 Å². The fourth-order valence-corrected chi connectivity index (χ4v) is 5.95. The summed E-state index contributed by atoms with van der Waals surface area (Å²) in [6.07, 6.45) is 0. The summed E-state index contributed by atoms with van der Waals surface area (Å²) in [5.74, 6) is 0. The largest absolute Gasteiger partial charge is 0.343 e. The first-order valence-corrected chi connectivity index (χ1v) is 10.2. The molecule has 0 aliphatic rings. The van der Waals surface area contributed by atoms with Crippen molar-refractivity contribution in [2.45, 2.75) is 10.8 Å². The minimum absolute atomic E-state index is 0.131. The summed E-state index contributed by atoms with van der Waals surface area (Å²) in [7, 11) is -0.121. The molecular weight excluding hydrogens is 414 g/mol. The maximum absolute atomic E-state index is 13.0. The molecule has 2 aromatic heterocycles. The van der Waals surface area contributed by atoms with E-state index in [1.165, 1.54) is 10.6 Å². The van der Waals surface area contributed by atoms with Crippen molar-refractivity contribution in [3.63, 3.8) is 0 Å². The number of hydrogen-bond donors (Lipinski definition) is 0. The summed E-state index contributed by atoms with van der Waals surface area (Å²) in [6, 6.07) is 10.1. The maximum atomic E-state index is 13.0. The van der Waals surface area contributed by atoms with Crippen LogP contribution in [-0.2, 0) is 16.6 Å². The van der Waals surface area contributed by atoms with Crippen LogP contribution in [0.15, 0.2) is 49.2 Å². The van der Waals surface area contributed by atoms with Gasteiger partial charge in [0, 0.05) is 13.1 Å². The van der Waals surface area contributed by atoms with Gasteiger partial charge in [0.15, 0.2) is 0 Å². The van der Waals surface area contributed by atoms with Crippen LogP contribution in [0.5, 0.6) is 0 Å². The van der Waals surface area contributed by atoms with E-state index in [1.54, 1.807) is 30.3 Å². The molecule has 0 atom stereocenters. The van der Waals surface area contributed by atoms with Crippen LogP contribution in [0.4, 0.5) is 0 Å². The average molecular weight is 430 g/mol. The standard InChI is InChI=1S/C15H16BrN3O3S2/c1-17(2)9-10-18-11-5-3-4-6-12(11)19(15(18)20)24(21,22)14-8-7-13(16)23-14/h3-8H,9-10H2,1-2H3. The highest BCUT2D eigenvalue weighted by molar-refractivity contribution is 9.11. The van der Waals surface area contributed by atoms with E-state index >= 15 is 0 Å². The monoisotopic (exact) mass is 429 g/mol. The Kier molecular flexibility index (Phi) is 4.69. The molecule has 9 heteroatoms. The van der Waals surface area contributed by atoms with Crippen molar-refractivity contribution in [2.24, 2.45) is 0 Å². The number of likely N-dealkylation sites (N-methyl/N-ethyl adjacent to an activating group) is 1. The van der Waals surface area contributed by atoms with Crippen LogP contribution in [0.1, 0.15) is 0 Å². The number of fused-ring (bicyclic) bond motifs is 1. The molecule has 0 saturated carbocycles. The molecule has 0 aliphatic carbocycles. The first-order chi connectivity index (χ1) is 11.3. The van der Waals surface area contributed by atoms with Gasteiger partial charge in [0.2, 0.25) is 0 Å². The second kappa shape index (κ2) is 6.47. The molecule has 3 aromatic rings. The normalized spacial score (nSPS) is 12.3. The van der Waals surface area contributed by atoms with Gasteiger partial charge in [-0.1, -0.05) is 12.1 Å². The van der Waals surface area contributed by atoms with E-state index in [-0.39, 0.29) is 4.21 Å². The Morgan fingerprint density at radius 1 is 1.12 bits per heavy atom.